The van der Waals surface area contributed by atoms with Crippen LogP contribution in [0.4, 0.5) is 0 Å². The van der Waals surface area contributed by atoms with E-state index in [0.29, 0.717) is 19.4 Å². The summed E-state index contributed by atoms with van der Waals surface area (Å²) in [5.74, 6) is 0.210. The first kappa shape index (κ1) is 22.0. The molecule has 1 aliphatic rings. The molecule has 0 saturated carbocycles. The minimum Gasteiger partial charge on any atom is -0.353 e. The maximum atomic E-state index is 13.4. The van der Waals surface area contributed by atoms with Crippen molar-refractivity contribution in [1.29, 1.82) is 0 Å². The molecule has 0 spiro atoms. The van der Waals surface area contributed by atoms with Crippen molar-refractivity contribution in [2.75, 3.05) is 13.1 Å². The number of aromatic nitrogens is 1. The molecule has 1 atom stereocenters. The molecule has 2 heterocycles. The molecule has 2 aromatic rings. The molecule has 160 valence electrons. The first-order chi connectivity index (χ1) is 14.4. The normalized spacial score (nSPS) is 19.0. The molecule has 0 unspecified atom stereocenters. The summed E-state index contributed by atoms with van der Waals surface area (Å²) in [5, 5.41) is 3.12. The van der Waals surface area contributed by atoms with E-state index in [1.807, 2.05) is 50.1 Å². The fraction of sp³-hybridized carbons (Fsp3) is 0.480. The molecule has 1 aromatic carbocycles. The molecule has 0 bridgehead atoms. The van der Waals surface area contributed by atoms with Crippen molar-refractivity contribution in [1.82, 2.24) is 15.2 Å². The molecule has 1 aromatic heterocycles. The van der Waals surface area contributed by atoms with Crippen LogP contribution >= 0.6 is 0 Å². The largest absolute Gasteiger partial charge is 0.353 e. The maximum Gasteiger partial charge on any atom is 0.228 e. The lowest BCUT2D eigenvalue weighted by Gasteiger charge is -2.42. The Labute approximate surface area is 179 Å². The highest BCUT2D eigenvalue weighted by molar-refractivity contribution is 5.85. The molecule has 0 radical (unpaired) electrons. The van der Waals surface area contributed by atoms with Crippen LogP contribution in [0.5, 0.6) is 0 Å². The second-order valence-electron chi connectivity index (χ2n) is 8.70. The number of nitrogens with zero attached hydrogens (tertiary/aromatic N) is 2. The van der Waals surface area contributed by atoms with E-state index in [-0.39, 0.29) is 17.9 Å². The van der Waals surface area contributed by atoms with Gasteiger partial charge in [0.25, 0.3) is 0 Å². The van der Waals surface area contributed by atoms with Gasteiger partial charge in [0.05, 0.1) is 5.41 Å². The SMILES string of the molecule is CCCC(=O)N1CCC[C@](Cc2cccc(-c3cccnc3)c2)(C(=O)NC(C)C)C1. The zero-order chi connectivity index (χ0) is 21.6. The quantitative estimate of drug-likeness (QED) is 0.747. The fourth-order valence-electron chi connectivity index (χ4n) is 4.33. The lowest BCUT2D eigenvalue weighted by molar-refractivity contribution is -0.142. The van der Waals surface area contributed by atoms with Crippen LogP contribution in [0, 0.1) is 5.41 Å². The summed E-state index contributed by atoms with van der Waals surface area (Å²) >= 11 is 0. The highest BCUT2D eigenvalue weighted by Gasteiger charge is 2.43. The van der Waals surface area contributed by atoms with Gasteiger partial charge in [-0.2, -0.15) is 0 Å². The van der Waals surface area contributed by atoms with Gasteiger partial charge < -0.3 is 10.2 Å². The van der Waals surface area contributed by atoms with Gasteiger partial charge in [0, 0.05) is 37.9 Å². The highest BCUT2D eigenvalue weighted by atomic mass is 16.2. The van der Waals surface area contributed by atoms with Crippen LogP contribution in [0.15, 0.2) is 48.8 Å². The van der Waals surface area contributed by atoms with Crippen molar-refractivity contribution in [3.8, 4) is 11.1 Å². The summed E-state index contributed by atoms with van der Waals surface area (Å²) in [7, 11) is 0. The van der Waals surface area contributed by atoms with E-state index in [0.717, 1.165) is 42.5 Å². The van der Waals surface area contributed by atoms with Gasteiger partial charge in [0.1, 0.15) is 0 Å². The molecule has 1 aliphatic heterocycles. The van der Waals surface area contributed by atoms with Gasteiger partial charge in [0.2, 0.25) is 11.8 Å². The number of hydrogen-bond acceptors (Lipinski definition) is 3. The summed E-state index contributed by atoms with van der Waals surface area (Å²) in [6.07, 6.45) is 7.25. The summed E-state index contributed by atoms with van der Waals surface area (Å²) in [5.41, 5.74) is 2.66. The minimum atomic E-state index is -0.598. The van der Waals surface area contributed by atoms with Crippen LogP contribution in [0.1, 0.15) is 52.0 Å². The van der Waals surface area contributed by atoms with Crippen LogP contribution in [0.25, 0.3) is 11.1 Å². The molecule has 1 N–H and O–H groups in total. The smallest absolute Gasteiger partial charge is 0.228 e. The number of piperidine rings is 1. The Morgan fingerprint density at radius 2 is 2.00 bits per heavy atom. The summed E-state index contributed by atoms with van der Waals surface area (Å²) in [4.78, 5) is 32.1. The van der Waals surface area contributed by atoms with Gasteiger partial charge in [-0.1, -0.05) is 37.3 Å². The molecule has 0 aliphatic carbocycles. The number of rotatable bonds is 7. The van der Waals surface area contributed by atoms with Crippen LogP contribution in [0.2, 0.25) is 0 Å². The predicted octanol–water partition coefficient (Wildman–Crippen LogP) is 4.22. The van der Waals surface area contributed by atoms with Crippen molar-refractivity contribution in [2.45, 2.75) is 58.9 Å². The average molecular weight is 408 g/mol. The highest BCUT2D eigenvalue weighted by Crippen LogP contribution is 2.35. The van der Waals surface area contributed by atoms with Crippen LogP contribution in [0.3, 0.4) is 0 Å². The Bertz CT molecular complexity index is 866. The minimum absolute atomic E-state index is 0.0540. The Morgan fingerprint density at radius 3 is 2.70 bits per heavy atom. The zero-order valence-corrected chi connectivity index (χ0v) is 18.4. The average Bonchev–Trinajstić information content (AvgIpc) is 2.74. The van der Waals surface area contributed by atoms with Gasteiger partial charge in [-0.15, -0.1) is 0 Å². The summed E-state index contributed by atoms with van der Waals surface area (Å²) < 4.78 is 0. The van der Waals surface area contributed by atoms with Crippen molar-refractivity contribution in [3.63, 3.8) is 0 Å². The Kier molecular flexibility index (Phi) is 7.24. The zero-order valence-electron chi connectivity index (χ0n) is 18.4. The summed E-state index contributed by atoms with van der Waals surface area (Å²) in [6.45, 7) is 7.21. The maximum absolute atomic E-state index is 13.4. The van der Waals surface area contributed by atoms with E-state index < -0.39 is 5.41 Å². The fourth-order valence-corrected chi connectivity index (χ4v) is 4.33. The number of pyridine rings is 1. The number of benzene rings is 1. The van der Waals surface area contributed by atoms with E-state index in [4.69, 9.17) is 0 Å². The van der Waals surface area contributed by atoms with Crippen molar-refractivity contribution >= 4 is 11.8 Å². The van der Waals surface area contributed by atoms with Crippen LogP contribution < -0.4 is 5.32 Å². The van der Waals surface area contributed by atoms with E-state index in [1.54, 1.807) is 6.20 Å². The van der Waals surface area contributed by atoms with Gasteiger partial charge in [-0.3, -0.25) is 14.6 Å². The molecule has 5 heteroatoms. The molecular weight excluding hydrogens is 374 g/mol. The standard InChI is InChI=1S/C25H33N3O2/c1-4-8-23(29)28-14-7-12-25(18-28,24(30)27-19(2)3)16-20-9-5-10-21(15-20)22-11-6-13-26-17-22/h5-6,9-11,13,15,17,19H,4,7-8,12,14,16,18H2,1-3H3,(H,27,30)/t25-/m1/s1. The number of nitrogens with one attached hydrogen (secondary N) is 1. The second-order valence-corrected chi connectivity index (χ2v) is 8.70. The molecule has 5 nitrogen and oxygen atoms in total. The van der Waals surface area contributed by atoms with E-state index >= 15 is 0 Å². The van der Waals surface area contributed by atoms with Crippen molar-refractivity contribution < 1.29 is 9.59 Å². The van der Waals surface area contributed by atoms with Crippen LogP contribution in [-0.4, -0.2) is 40.8 Å². The second kappa shape index (κ2) is 9.88. The third kappa shape index (κ3) is 5.26. The van der Waals surface area contributed by atoms with Gasteiger partial charge in [-0.25, -0.2) is 0 Å². The predicted molar refractivity (Wildman–Crippen MR) is 120 cm³/mol. The number of hydrogen-bond donors (Lipinski definition) is 1. The molecular formula is C25H33N3O2. The van der Waals surface area contributed by atoms with Crippen LogP contribution in [-0.2, 0) is 16.0 Å². The lowest BCUT2D eigenvalue weighted by atomic mass is 9.73. The first-order valence-electron chi connectivity index (χ1n) is 11.0. The number of carbonyl (C=O) groups excluding carboxylic acids is 2. The van der Waals surface area contributed by atoms with Crippen molar-refractivity contribution in [2.24, 2.45) is 5.41 Å². The number of likely N-dealkylation sites (tertiary alicyclic amines) is 1. The summed E-state index contributed by atoms with van der Waals surface area (Å²) in [6, 6.07) is 12.4. The third-order valence-electron chi connectivity index (χ3n) is 5.76. The van der Waals surface area contributed by atoms with Gasteiger partial charge in [-0.05, 0) is 62.3 Å². The third-order valence-corrected chi connectivity index (χ3v) is 5.76. The van der Waals surface area contributed by atoms with E-state index in [2.05, 4.69) is 28.5 Å². The van der Waals surface area contributed by atoms with E-state index in [1.165, 1.54) is 0 Å². The number of carbonyl (C=O) groups is 2. The Hall–Kier alpha value is -2.69. The van der Waals surface area contributed by atoms with E-state index in [9.17, 15) is 9.59 Å². The monoisotopic (exact) mass is 407 g/mol. The van der Waals surface area contributed by atoms with Gasteiger partial charge in [0.15, 0.2) is 0 Å². The molecule has 3 rings (SSSR count). The van der Waals surface area contributed by atoms with Gasteiger partial charge >= 0.3 is 0 Å². The molecule has 30 heavy (non-hydrogen) atoms. The molecule has 2 amide bonds. The Balaban J connectivity index is 1.90. The number of amides is 2. The van der Waals surface area contributed by atoms with Crippen molar-refractivity contribution in [3.05, 3.63) is 54.4 Å². The lowest BCUT2D eigenvalue weighted by Crippen LogP contribution is -2.55. The topological polar surface area (TPSA) is 62.3 Å². The molecule has 1 saturated heterocycles. The first-order valence-corrected chi connectivity index (χ1v) is 11.0. The molecule has 1 fully saturated rings. The Morgan fingerprint density at radius 1 is 1.20 bits per heavy atom.